The molecule has 0 saturated heterocycles. The highest BCUT2D eigenvalue weighted by Crippen LogP contribution is 2.19. The molecule has 2 heteroatoms. The van der Waals surface area contributed by atoms with Crippen LogP contribution in [-0.4, -0.2) is 6.61 Å². The van der Waals surface area contributed by atoms with Crippen molar-refractivity contribution in [1.29, 1.82) is 0 Å². The van der Waals surface area contributed by atoms with Gasteiger partial charge in [-0.2, -0.15) is 0 Å². The van der Waals surface area contributed by atoms with Crippen LogP contribution in [0.15, 0.2) is 18.2 Å². The molecule has 0 saturated carbocycles. The van der Waals surface area contributed by atoms with Crippen LogP contribution in [0.5, 0.6) is 5.75 Å². The third-order valence-electron chi connectivity index (χ3n) is 3.24. The predicted octanol–water partition coefficient (Wildman–Crippen LogP) is 4.19. The standard InChI is InChI=1S/C16H27NO/c1-3-4-5-6-7-8-11-18-16-12-15(13-17)10-9-14(16)2/h9-10,12H,3-8,11,13,17H2,1-2H3. The first-order chi connectivity index (χ1) is 8.77. The molecule has 0 bridgehead atoms. The van der Waals surface area contributed by atoms with E-state index in [0.29, 0.717) is 6.54 Å². The highest BCUT2D eigenvalue weighted by molar-refractivity contribution is 5.36. The molecule has 0 aliphatic heterocycles. The Morgan fingerprint density at radius 2 is 1.78 bits per heavy atom. The van der Waals surface area contributed by atoms with E-state index in [-0.39, 0.29) is 0 Å². The minimum Gasteiger partial charge on any atom is -0.493 e. The molecular weight excluding hydrogens is 222 g/mol. The Bertz CT molecular complexity index is 336. The van der Waals surface area contributed by atoms with Gasteiger partial charge in [-0.05, 0) is 30.5 Å². The average molecular weight is 249 g/mol. The van der Waals surface area contributed by atoms with Crippen molar-refractivity contribution in [3.05, 3.63) is 29.3 Å². The van der Waals surface area contributed by atoms with Crippen molar-refractivity contribution >= 4 is 0 Å². The van der Waals surface area contributed by atoms with Gasteiger partial charge in [0.15, 0.2) is 0 Å². The van der Waals surface area contributed by atoms with E-state index < -0.39 is 0 Å². The molecule has 2 N–H and O–H groups in total. The van der Waals surface area contributed by atoms with E-state index in [1.54, 1.807) is 0 Å². The molecule has 1 aromatic carbocycles. The van der Waals surface area contributed by atoms with E-state index >= 15 is 0 Å². The van der Waals surface area contributed by atoms with Gasteiger partial charge in [0.1, 0.15) is 5.75 Å². The summed E-state index contributed by atoms with van der Waals surface area (Å²) in [5, 5.41) is 0. The number of benzene rings is 1. The first kappa shape index (κ1) is 15.0. The van der Waals surface area contributed by atoms with Gasteiger partial charge in [-0.1, -0.05) is 51.2 Å². The lowest BCUT2D eigenvalue weighted by molar-refractivity contribution is 0.302. The lowest BCUT2D eigenvalue weighted by Gasteiger charge is -2.10. The van der Waals surface area contributed by atoms with Crippen LogP contribution in [0.4, 0.5) is 0 Å². The van der Waals surface area contributed by atoms with Crippen LogP contribution in [0.1, 0.15) is 56.6 Å². The Kier molecular flexibility index (Phi) is 7.51. The van der Waals surface area contributed by atoms with Gasteiger partial charge in [-0.3, -0.25) is 0 Å². The molecule has 0 unspecified atom stereocenters. The number of hydrogen-bond acceptors (Lipinski definition) is 2. The van der Waals surface area contributed by atoms with Crippen molar-refractivity contribution in [2.24, 2.45) is 5.73 Å². The van der Waals surface area contributed by atoms with Crippen LogP contribution in [0.25, 0.3) is 0 Å². The maximum absolute atomic E-state index is 5.83. The zero-order chi connectivity index (χ0) is 13.2. The van der Waals surface area contributed by atoms with Crippen LogP contribution in [0, 0.1) is 6.92 Å². The minimum absolute atomic E-state index is 0.577. The van der Waals surface area contributed by atoms with Crippen molar-refractivity contribution in [2.75, 3.05) is 6.61 Å². The highest BCUT2D eigenvalue weighted by atomic mass is 16.5. The summed E-state index contributed by atoms with van der Waals surface area (Å²) in [5.74, 6) is 0.992. The summed E-state index contributed by atoms with van der Waals surface area (Å²) in [5.41, 5.74) is 7.97. The van der Waals surface area contributed by atoms with Gasteiger partial charge in [-0.15, -0.1) is 0 Å². The van der Waals surface area contributed by atoms with Crippen molar-refractivity contribution in [2.45, 2.75) is 58.9 Å². The zero-order valence-electron chi connectivity index (χ0n) is 11.9. The molecule has 0 radical (unpaired) electrons. The summed E-state index contributed by atoms with van der Waals surface area (Å²) in [6.45, 7) is 5.72. The fraction of sp³-hybridized carbons (Fsp3) is 0.625. The highest BCUT2D eigenvalue weighted by Gasteiger charge is 2.00. The summed E-state index contributed by atoms with van der Waals surface area (Å²) in [6.07, 6.45) is 7.78. The van der Waals surface area contributed by atoms with Crippen LogP contribution in [0.3, 0.4) is 0 Å². The van der Waals surface area contributed by atoms with Crippen LogP contribution < -0.4 is 10.5 Å². The second-order valence-electron chi connectivity index (χ2n) is 4.92. The molecule has 0 amide bonds. The summed E-state index contributed by atoms with van der Waals surface area (Å²) < 4.78 is 5.83. The van der Waals surface area contributed by atoms with Gasteiger partial charge in [0.05, 0.1) is 6.61 Å². The van der Waals surface area contributed by atoms with E-state index in [9.17, 15) is 0 Å². The molecule has 0 heterocycles. The topological polar surface area (TPSA) is 35.2 Å². The van der Waals surface area contributed by atoms with Crippen LogP contribution >= 0.6 is 0 Å². The quantitative estimate of drug-likeness (QED) is 0.666. The van der Waals surface area contributed by atoms with Crippen molar-refractivity contribution in [1.82, 2.24) is 0 Å². The number of rotatable bonds is 9. The van der Waals surface area contributed by atoms with Gasteiger partial charge in [0, 0.05) is 6.54 Å². The fourth-order valence-electron chi connectivity index (χ4n) is 1.99. The lowest BCUT2D eigenvalue weighted by Crippen LogP contribution is -2.01. The molecule has 18 heavy (non-hydrogen) atoms. The second kappa shape index (κ2) is 8.98. The lowest BCUT2D eigenvalue weighted by atomic mass is 10.1. The molecule has 2 nitrogen and oxygen atoms in total. The van der Waals surface area contributed by atoms with Gasteiger partial charge < -0.3 is 10.5 Å². The van der Waals surface area contributed by atoms with Gasteiger partial charge >= 0.3 is 0 Å². The third-order valence-corrected chi connectivity index (χ3v) is 3.24. The predicted molar refractivity (Wildman–Crippen MR) is 77.9 cm³/mol. The Labute approximate surface area is 112 Å². The third kappa shape index (κ3) is 5.54. The molecule has 0 fully saturated rings. The van der Waals surface area contributed by atoms with Crippen molar-refractivity contribution in [3.8, 4) is 5.75 Å². The number of unbranched alkanes of at least 4 members (excludes halogenated alkanes) is 5. The van der Waals surface area contributed by atoms with Crippen LogP contribution in [0.2, 0.25) is 0 Å². The van der Waals surface area contributed by atoms with E-state index in [2.05, 4.69) is 32.0 Å². The molecule has 1 aromatic rings. The Hall–Kier alpha value is -1.02. The summed E-state index contributed by atoms with van der Waals surface area (Å²) in [6, 6.07) is 6.21. The van der Waals surface area contributed by atoms with E-state index in [1.807, 2.05) is 0 Å². The Morgan fingerprint density at radius 1 is 1.06 bits per heavy atom. The smallest absolute Gasteiger partial charge is 0.122 e. The number of ether oxygens (including phenoxy) is 1. The van der Waals surface area contributed by atoms with Gasteiger partial charge in [-0.25, -0.2) is 0 Å². The summed E-state index contributed by atoms with van der Waals surface area (Å²) in [7, 11) is 0. The number of hydrogen-bond donors (Lipinski definition) is 1. The second-order valence-corrected chi connectivity index (χ2v) is 4.92. The molecular formula is C16H27NO. The maximum atomic E-state index is 5.83. The normalized spacial score (nSPS) is 10.6. The van der Waals surface area contributed by atoms with Crippen LogP contribution in [-0.2, 0) is 6.54 Å². The largest absolute Gasteiger partial charge is 0.493 e. The van der Waals surface area contributed by atoms with E-state index in [4.69, 9.17) is 10.5 Å². The Morgan fingerprint density at radius 3 is 2.50 bits per heavy atom. The van der Waals surface area contributed by atoms with Crippen molar-refractivity contribution in [3.63, 3.8) is 0 Å². The Balaban J connectivity index is 2.22. The SMILES string of the molecule is CCCCCCCCOc1cc(CN)ccc1C. The number of nitrogens with two attached hydrogens (primary N) is 1. The van der Waals surface area contributed by atoms with Gasteiger partial charge in [0.25, 0.3) is 0 Å². The molecule has 0 aliphatic rings. The first-order valence-electron chi connectivity index (χ1n) is 7.20. The summed E-state index contributed by atoms with van der Waals surface area (Å²) in [4.78, 5) is 0. The zero-order valence-corrected chi connectivity index (χ0v) is 11.9. The number of aryl methyl sites for hydroxylation is 1. The minimum atomic E-state index is 0.577. The molecule has 0 atom stereocenters. The van der Waals surface area contributed by atoms with E-state index in [0.717, 1.165) is 24.3 Å². The monoisotopic (exact) mass is 249 g/mol. The van der Waals surface area contributed by atoms with Crippen molar-refractivity contribution < 1.29 is 4.74 Å². The first-order valence-corrected chi connectivity index (χ1v) is 7.20. The molecule has 1 rings (SSSR count). The maximum Gasteiger partial charge on any atom is 0.122 e. The molecule has 0 aliphatic carbocycles. The molecule has 0 aromatic heterocycles. The molecule has 102 valence electrons. The fourth-order valence-corrected chi connectivity index (χ4v) is 1.99. The average Bonchev–Trinajstić information content (AvgIpc) is 2.39. The summed E-state index contributed by atoms with van der Waals surface area (Å²) >= 11 is 0. The van der Waals surface area contributed by atoms with Gasteiger partial charge in [0.2, 0.25) is 0 Å². The van der Waals surface area contributed by atoms with E-state index in [1.165, 1.54) is 37.7 Å². The molecule has 0 spiro atoms.